The van der Waals surface area contributed by atoms with Crippen LogP contribution in [0, 0.1) is 11.3 Å². The molecule has 158 valence electrons. The zero-order chi connectivity index (χ0) is 20.9. The van der Waals surface area contributed by atoms with E-state index in [2.05, 4.69) is 27.3 Å². The maximum atomic E-state index is 12.7. The molecule has 0 spiro atoms. The number of anilines is 2. The number of rotatable bonds is 6. The number of carbonyl (C=O) groups is 1. The molecule has 0 radical (unpaired) electrons. The first-order valence-corrected chi connectivity index (χ1v) is 11.5. The molecule has 1 amide bonds. The second-order valence-electron chi connectivity index (χ2n) is 7.74. The van der Waals surface area contributed by atoms with E-state index in [4.69, 9.17) is 4.74 Å². The van der Waals surface area contributed by atoms with Crippen molar-refractivity contribution >= 4 is 27.9 Å². The molecule has 0 saturated carbocycles. The Labute approximate surface area is 182 Å². The zero-order valence-electron chi connectivity index (χ0n) is 17.4. The van der Waals surface area contributed by atoms with Crippen LogP contribution in [0.15, 0.2) is 24.3 Å². The van der Waals surface area contributed by atoms with E-state index >= 15 is 0 Å². The van der Waals surface area contributed by atoms with Crippen molar-refractivity contribution in [1.29, 1.82) is 5.26 Å². The molecule has 2 aliphatic rings. The van der Waals surface area contributed by atoms with Gasteiger partial charge in [-0.1, -0.05) is 12.1 Å². The van der Waals surface area contributed by atoms with E-state index in [1.54, 1.807) is 11.3 Å². The molecule has 1 aromatic heterocycles. The molecule has 7 heteroatoms. The lowest BCUT2D eigenvalue weighted by Crippen LogP contribution is -2.48. The van der Waals surface area contributed by atoms with E-state index in [0.717, 1.165) is 67.4 Å². The summed E-state index contributed by atoms with van der Waals surface area (Å²) in [6.07, 6.45) is 4.27. The summed E-state index contributed by atoms with van der Waals surface area (Å²) in [6.45, 7) is 6.35. The summed E-state index contributed by atoms with van der Waals surface area (Å²) in [5, 5.41) is 13.3. The first-order chi connectivity index (χ1) is 14.7. The third-order valence-electron chi connectivity index (χ3n) is 5.78. The Morgan fingerprint density at radius 2 is 1.97 bits per heavy atom. The van der Waals surface area contributed by atoms with Crippen molar-refractivity contribution in [2.45, 2.75) is 32.6 Å². The molecule has 1 aliphatic carbocycles. The molecule has 0 unspecified atom stereocenters. The fourth-order valence-corrected chi connectivity index (χ4v) is 5.54. The van der Waals surface area contributed by atoms with Crippen molar-refractivity contribution in [3.8, 4) is 11.8 Å². The van der Waals surface area contributed by atoms with Gasteiger partial charge in [0, 0.05) is 31.1 Å². The number of hydrogen-bond donors (Lipinski definition) is 1. The number of aryl methyl sites for hydroxylation is 1. The molecular weight excluding hydrogens is 396 g/mol. The Hall–Kier alpha value is -2.56. The minimum Gasteiger partial charge on any atom is -0.492 e. The van der Waals surface area contributed by atoms with Gasteiger partial charge in [-0.25, -0.2) is 0 Å². The third kappa shape index (κ3) is 4.45. The third-order valence-corrected chi connectivity index (χ3v) is 6.99. The molecule has 4 rings (SSSR count). The Kier molecular flexibility index (Phi) is 6.56. The van der Waals surface area contributed by atoms with Crippen LogP contribution in [0.4, 0.5) is 10.7 Å². The van der Waals surface area contributed by atoms with Crippen LogP contribution in [0.25, 0.3) is 0 Å². The minimum atomic E-state index is -0.0340. The topological polar surface area (TPSA) is 68.6 Å². The quantitative estimate of drug-likeness (QED) is 0.767. The molecule has 1 fully saturated rings. The van der Waals surface area contributed by atoms with E-state index < -0.39 is 0 Å². The van der Waals surface area contributed by atoms with Gasteiger partial charge in [0.05, 0.1) is 24.4 Å². The first kappa shape index (κ1) is 20.7. The summed E-state index contributed by atoms with van der Waals surface area (Å²) in [4.78, 5) is 18.4. The second kappa shape index (κ2) is 9.50. The molecular formula is C23H28N4O2S. The highest BCUT2D eigenvalue weighted by atomic mass is 32.1. The minimum absolute atomic E-state index is 0.0340. The van der Waals surface area contributed by atoms with Gasteiger partial charge in [0.1, 0.15) is 16.8 Å². The summed E-state index contributed by atoms with van der Waals surface area (Å²) in [6, 6.07) is 10.4. The fourth-order valence-electron chi connectivity index (χ4n) is 4.28. The number of nitrogens with one attached hydrogen (secondary N) is 1. The second-order valence-corrected chi connectivity index (χ2v) is 8.84. The molecule has 1 N–H and O–H groups in total. The average Bonchev–Trinajstić information content (AvgIpc) is 3.11. The highest BCUT2D eigenvalue weighted by Gasteiger charge is 2.24. The van der Waals surface area contributed by atoms with E-state index in [9.17, 15) is 10.1 Å². The lowest BCUT2D eigenvalue weighted by atomic mass is 9.96. The molecule has 1 saturated heterocycles. The van der Waals surface area contributed by atoms with Gasteiger partial charge in [-0.15, -0.1) is 11.3 Å². The number of nitrogens with zero attached hydrogens (tertiary/aromatic N) is 3. The molecule has 1 aliphatic heterocycles. The molecule has 0 atom stereocenters. The standard InChI is InChI=1S/C23H28N4O2S/c1-2-29-20-9-5-4-8-19(20)27-13-11-26(12-14-27)16-22(28)25-23-18(15-24)17-7-3-6-10-21(17)30-23/h4-5,8-9H,2-3,6-7,10-14,16H2,1H3,(H,25,28). The maximum Gasteiger partial charge on any atom is 0.239 e. The smallest absolute Gasteiger partial charge is 0.239 e. The van der Waals surface area contributed by atoms with Crippen LogP contribution in [0.1, 0.15) is 35.8 Å². The van der Waals surface area contributed by atoms with Crippen LogP contribution in [0.2, 0.25) is 0 Å². The number of nitriles is 1. The number of carbonyl (C=O) groups excluding carboxylic acids is 1. The Balaban J connectivity index is 1.33. The monoisotopic (exact) mass is 424 g/mol. The SMILES string of the molecule is CCOc1ccccc1N1CCN(CC(=O)Nc2sc3c(c2C#N)CCCC3)CC1. The van der Waals surface area contributed by atoms with Crippen molar-refractivity contribution < 1.29 is 9.53 Å². The number of amides is 1. The van der Waals surface area contributed by atoms with Gasteiger partial charge in [-0.3, -0.25) is 9.69 Å². The number of thiophene rings is 1. The lowest BCUT2D eigenvalue weighted by molar-refractivity contribution is -0.117. The average molecular weight is 425 g/mol. The van der Waals surface area contributed by atoms with Crippen molar-refractivity contribution in [2.75, 3.05) is 49.5 Å². The number of ether oxygens (including phenoxy) is 1. The number of hydrogen-bond acceptors (Lipinski definition) is 6. The van der Waals surface area contributed by atoms with Crippen molar-refractivity contribution in [3.05, 3.63) is 40.3 Å². The normalized spacial score (nSPS) is 16.6. The summed E-state index contributed by atoms with van der Waals surface area (Å²) in [5.74, 6) is 0.880. The summed E-state index contributed by atoms with van der Waals surface area (Å²) >= 11 is 1.59. The van der Waals surface area contributed by atoms with Gasteiger partial charge in [0.2, 0.25) is 5.91 Å². The van der Waals surface area contributed by atoms with Crippen LogP contribution in [-0.2, 0) is 17.6 Å². The number of para-hydroxylation sites is 2. The molecule has 30 heavy (non-hydrogen) atoms. The predicted octanol–water partition coefficient (Wildman–Crippen LogP) is 3.66. The van der Waals surface area contributed by atoms with Crippen LogP contribution < -0.4 is 15.0 Å². The highest BCUT2D eigenvalue weighted by Crippen LogP contribution is 2.37. The number of fused-ring (bicyclic) bond motifs is 1. The van der Waals surface area contributed by atoms with Gasteiger partial charge in [0.25, 0.3) is 0 Å². The van der Waals surface area contributed by atoms with Crippen LogP contribution in [0.5, 0.6) is 5.75 Å². The summed E-state index contributed by atoms with van der Waals surface area (Å²) in [7, 11) is 0. The Morgan fingerprint density at radius 3 is 2.73 bits per heavy atom. The molecule has 2 aromatic rings. The van der Waals surface area contributed by atoms with Crippen LogP contribution >= 0.6 is 11.3 Å². The van der Waals surface area contributed by atoms with Gasteiger partial charge >= 0.3 is 0 Å². The van der Waals surface area contributed by atoms with Crippen molar-refractivity contribution in [1.82, 2.24) is 4.90 Å². The first-order valence-electron chi connectivity index (χ1n) is 10.7. The number of benzene rings is 1. The highest BCUT2D eigenvalue weighted by molar-refractivity contribution is 7.16. The molecule has 0 bridgehead atoms. The van der Waals surface area contributed by atoms with Gasteiger partial charge in [0.15, 0.2) is 0 Å². The Morgan fingerprint density at radius 1 is 1.20 bits per heavy atom. The van der Waals surface area contributed by atoms with E-state index in [1.165, 1.54) is 11.3 Å². The van der Waals surface area contributed by atoms with Crippen molar-refractivity contribution in [2.24, 2.45) is 0 Å². The molecule has 2 heterocycles. The largest absolute Gasteiger partial charge is 0.492 e. The van der Waals surface area contributed by atoms with Gasteiger partial charge in [-0.2, -0.15) is 5.26 Å². The van der Waals surface area contributed by atoms with Gasteiger partial charge in [-0.05, 0) is 50.3 Å². The van der Waals surface area contributed by atoms with Crippen LogP contribution in [0.3, 0.4) is 0 Å². The molecule has 1 aromatic carbocycles. The molecule has 6 nitrogen and oxygen atoms in total. The van der Waals surface area contributed by atoms with Crippen LogP contribution in [-0.4, -0.2) is 50.1 Å². The maximum absolute atomic E-state index is 12.7. The van der Waals surface area contributed by atoms with E-state index in [-0.39, 0.29) is 5.91 Å². The van der Waals surface area contributed by atoms with E-state index in [0.29, 0.717) is 18.7 Å². The number of piperazine rings is 1. The fraction of sp³-hybridized carbons (Fsp3) is 0.478. The van der Waals surface area contributed by atoms with Gasteiger partial charge < -0.3 is 15.0 Å². The van der Waals surface area contributed by atoms with E-state index in [1.807, 2.05) is 25.1 Å². The lowest BCUT2D eigenvalue weighted by Gasteiger charge is -2.36. The zero-order valence-corrected chi connectivity index (χ0v) is 18.3. The predicted molar refractivity (Wildman–Crippen MR) is 121 cm³/mol. The summed E-state index contributed by atoms with van der Waals surface area (Å²) < 4.78 is 5.76. The summed E-state index contributed by atoms with van der Waals surface area (Å²) in [5.41, 5.74) is 2.96. The Bertz CT molecular complexity index is 941. The van der Waals surface area contributed by atoms with Crippen molar-refractivity contribution in [3.63, 3.8) is 0 Å².